The van der Waals surface area contributed by atoms with Crippen molar-refractivity contribution in [3.8, 4) is 11.5 Å². The Morgan fingerprint density at radius 3 is 2.33 bits per heavy atom. The molecule has 9 heteroatoms. The summed E-state index contributed by atoms with van der Waals surface area (Å²) in [5.41, 5.74) is -0.552. The number of carbonyl (C=O) groups is 1. The van der Waals surface area contributed by atoms with Gasteiger partial charge < -0.3 is 9.47 Å². The van der Waals surface area contributed by atoms with Crippen molar-refractivity contribution in [2.45, 2.75) is 6.92 Å². The number of ether oxygens (including phenoxy) is 2. The van der Waals surface area contributed by atoms with Gasteiger partial charge in [0.25, 0.3) is 5.69 Å². The number of para-hydroxylation sites is 1. The van der Waals surface area contributed by atoms with E-state index < -0.39 is 21.5 Å². The fourth-order valence-corrected chi connectivity index (χ4v) is 2.09. The lowest BCUT2D eigenvalue weighted by molar-refractivity contribution is -0.386. The Morgan fingerprint density at radius 1 is 1.08 bits per heavy atom. The molecule has 0 bridgehead atoms. The molecule has 0 amide bonds. The molecule has 0 aliphatic carbocycles. The number of methoxy groups -OCH3 is 1. The molecule has 0 N–H and O–H groups in total. The van der Waals surface area contributed by atoms with E-state index in [1.54, 1.807) is 0 Å². The zero-order chi connectivity index (χ0) is 17.9. The van der Waals surface area contributed by atoms with E-state index in [4.69, 9.17) is 4.74 Å². The molecular formula is C15H12N2O7. The van der Waals surface area contributed by atoms with E-state index in [0.29, 0.717) is 5.56 Å². The number of benzene rings is 2. The molecule has 2 aromatic carbocycles. The Morgan fingerprint density at radius 2 is 1.79 bits per heavy atom. The standard InChI is InChI=1S/C15H12N2O7/c1-9-8-10(6-7-12(9)16(19)20)24-13-5-3-4-11(15(18)23-2)14(13)17(21)22/h3-8H,1-2H3. The van der Waals surface area contributed by atoms with Crippen LogP contribution < -0.4 is 4.74 Å². The molecule has 24 heavy (non-hydrogen) atoms. The largest absolute Gasteiger partial charge is 0.465 e. The molecule has 0 aromatic heterocycles. The first kappa shape index (κ1) is 16.9. The highest BCUT2D eigenvalue weighted by atomic mass is 16.6. The summed E-state index contributed by atoms with van der Waals surface area (Å²) in [5, 5.41) is 22.1. The van der Waals surface area contributed by atoms with Crippen LogP contribution in [-0.2, 0) is 4.74 Å². The van der Waals surface area contributed by atoms with Crippen LogP contribution in [0.5, 0.6) is 11.5 Å². The third-order valence-corrected chi connectivity index (χ3v) is 3.18. The second-order valence-corrected chi connectivity index (χ2v) is 4.71. The molecule has 0 saturated carbocycles. The van der Waals surface area contributed by atoms with Crippen LogP contribution in [0.3, 0.4) is 0 Å². The van der Waals surface area contributed by atoms with Crippen LogP contribution in [0.1, 0.15) is 15.9 Å². The molecule has 2 rings (SSSR count). The molecule has 0 aliphatic rings. The summed E-state index contributed by atoms with van der Waals surface area (Å²) in [6.45, 7) is 1.52. The molecule has 0 aliphatic heterocycles. The maximum Gasteiger partial charge on any atom is 0.345 e. The van der Waals surface area contributed by atoms with Crippen molar-refractivity contribution in [2.24, 2.45) is 0 Å². The van der Waals surface area contributed by atoms with Gasteiger partial charge in [0.2, 0.25) is 5.75 Å². The van der Waals surface area contributed by atoms with E-state index in [2.05, 4.69) is 4.74 Å². The van der Waals surface area contributed by atoms with E-state index in [0.717, 1.165) is 7.11 Å². The van der Waals surface area contributed by atoms with Crippen LogP contribution in [0.2, 0.25) is 0 Å². The van der Waals surface area contributed by atoms with Gasteiger partial charge in [0.15, 0.2) is 0 Å². The van der Waals surface area contributed by atoms with Gasteiger partial charge in [-0.3, -0.25) is 20.2 Å². The van der Waals surface area contributed by atoms with Crippen LogP contribution in [0, 0.1) is 27.2 Å². The monoisotopic (exact) mass is 332 g/mol. The fraction of sp³-hybridized carbons (Fsp3) is 0.133. The van der Waals surface area contributed by atoms with Crippen molar-refractivity contribution in [1.29, 1.82) is 0 Å². The number of carbonyl (C=O) groups excluding carboxylic acids is 1. The third-order valence-electron chi connectivity index (χ3n) is 3.18. The van der Waals surface area contributed by atoms with E-state index >= 15 is 0 Å². The zero-order valence-corrected chi connectivity index (χ0v) is 12.7. The van der Waals surface area contributed by atoms with Crippen LogP contribution in [0.25, 0.3) is 0 Å². The number of nitrogens with zero attached hydrogens (tertiary/aromatic N) is 2. The molecule has 2 aromatic rings. The predicted molar refractivity (Wildman–Crippen MR) is 82.3 cm³/mol. The van der Waals surface area contributed by atoms with Gasteiger partial charge in [-0.2, -0.15) is 0 Å². The van der Waals surface area contributed by atoms with Crippen LogP contribution in [-0.4, -0.2) is 22.9 Å². The first-order chi connectivity index (χ1) is 11.3. The summed E-state index contributed by atoms with van der Waals surface area (Å²) in [5.74, 6) is -0.869. The van der Waals surface area contributed by atoms with Crippen molar-refractivity contribution in [3.05, 3.63) is 67.8 Å². The van der Waals surface area contributed by atoms with Crippen molar-refractivity contribution in [2.75, 3.05) is 7.11 Å². The summed E-state index contributed by atoms with van der Waals surface area (Å²) in [4.78, 5) is 32.5. The SMILES string of the molecule is COC(=O)c1cccc(Oc2ccc([N+](=O)[O-])c(C)c2)c1[N+](=O)[O-]. The first-order valence-electron chi connectivity index (χ1n) is 6.63. The number of hydrogen-bond acceptors (Lipinski definition) is 7. The second kappa shape index (κ2) is 6.73. The Kier molecular flexibility index (Phi) is 4.73. The second-order valence-electron chi connectivity index (χ2n) is 4.71. The maximum absolute atomic E-state index is 11.7. The number of nitro benzene ring substituents is 2. The zero-order valence-electron chi connectivity index (χ0n) is 12.7. The Hall–Kier alpha value is -3.49. The van der Waals surface area contributed by atoms with Crippen molar-refractivity contribution < 1.29 is 24.1 Å². The van der Waals surface area contributed by atoms with Gasteiger partial charge >= 0.3 is 11.7 Å². The third kappa shape index (κ3) is 3.29. The lowest BCUT2D eigenvalue weighted by atomic mass is 10.1. The normalized spacial score (nSPS) is 10.1. The molecule has 0 atom stereocenters. The number of nitro groups is 2. The summed E-state index contributed by atoms with van der Waals surface area (Å²) in [7, 11) is 1.11. The van der Waals surface area contributed by atoms with Crippen LogP contribution in [0.15, 0.2) is 36.4 Å². The van der Waals surface area contributed by atoms with Gasteiger partial charge in [-0.25, -0.2) is 4.79 Å². The number of aryl methyl sites for hydroxylation is 1. The van der Waals surface area contributed by atoms with Gasteiger partial charge in [-0.1, -0.05) is 6.07 Å². The number of rotatable bonds is 5. The smallest absolute Gasteiger partial charge is 0.345 e. The minimum absolute atomic E-state index is 0.0971. The van der Waals surface area contributed by atoms with Gasteiger partial charge in [0.05, 0.1) is 17.0 Å². The molecule has 9 nitrogen and oxygen atoms in total. The van der Waals surface area contributed by atoms with Crippen molar-refractivity contribution >= 4 is 17.3 Å². The molecule has 124 valence electrons. The van der Waals surface area contributed by atoms with Crippen LogP contribution in [0.4, 0.5) is 11.4 Å². The highest BCUT2D eigenvalue weighted by Crippen LogP contribution is 2.35. The van der Waals surface area contributed by atoms with Gasteiger partial charge in [-0.05, 0) is 31.2 Å². The lowest BCUT2D eigenvalue weighted by Gasteiger charge is -2.09. The highest BCUT2D eigenvalue weighted by Gasteiger charge is 2.26. The molecule has 0 heterocycles. The molecule has 0 spiro atoms. The average molecular weight is 332 g/mol. The quantitative estimate of drug-likeness (QED) is 0.467. The highest BCUT2D eigenvalue weighted by molar-refractivity contribution is 5.95. The molecule has 0 fully saturated rings. The number of hydrogen-bond donors (Lipinski definition) is 0. The van der Waals surface area contributed by atoms with Crippen molar-refractivity contribution in [1.82, 2.24) is 0 Å². The van der Waals surface area contributed by atoms with E-state index in [-0.39, 0.29) is 22.7 Å². The summed E-state index contributed by atoms with van der Waals surface area (Å²) >= 11 is 0. The predicted octanol–water partition coefficient (Wildman–Crippen LogP) is 3.39. The van der Waals surface area contributed by atoms with Gasteiger partial charge in [0, 0.05) is 11.6 Å². The topological polar surface area (TPSA) is 122 Å². The van der Waals surface area contributed by atoms with E-state index in [1.807, 2.05) is 0 Å². The van der Waals surface area contributed by atoms with E-state index in [1.165, 1.54) is 43.3 Å². The molecular weight excluding hydrogens is 320 g/mol. The van der Waals surface area contributed by atoms with E-state index in [9.17, 15) is 25.0 Å². The summed E-state index contributed by atoms with van der Waals surface area (Å²) in [6, 6.07) is 7.92. The summed E-state index contributed by atoms with van der Waals surface area (Å²) in [6.07, 6.45) is 0. The molecule has 0 radical (unpaired) electrons. The average Bonchev–Trinajstić information content (AvgIpc) is 2.53. The minimum Gasteiger partial charge on any atom is -0.465 e. The molecule has 0 saturated heterocycles. The summed E-state index contributed by atoms with van der Waals surface area (Å²) < 4.78 is 9.97. The van der Waals surface area contributed by atoms with Gasteiger partial charge in [-0.15, -0.1) is 0 Å². The Labute approximate surface area is 135 Å². The van der Waals surface area contributed by atoms with Gasteiger partial charge in [0.1, 0.15) is 11.3 Å². The van der Waals surface area contributed by atoms with Crippen molar-refractivity contribution in [3.63, 3.8) is 0 Å². The maximum atomic E-state index is 11.7. The van der Waals surface area contributed by atoms with Crippen LogP contribution >= 0.6 is 0 Å². The lowest BCUT2D eigenvalue weighted by Crippen LogP contribution is -2.06. The Balaban J connectivity index is 2.47. The molecule has 0 unspecified atom stereocenters. The fourth-order valence-electron chi connectivity index (χ4n) is 2.09. The number of esters is 1. The Bertz CT molecular complexity index is 833. The first-order valence-corrected chi connectivity index (χ1v) is 6.63. The minimum atomic E-state index is -0.868.